The Hall–Kier alpha value is -0.750. The zero-order chi connectivity index (χ0) is 8.97. The van der Waals surface area contributed by atoms with Crippen molar-refractivity contribution in [2.24, 2.45) is 0 Å². The first kappa shape index (κ1) is 9.34. The molecule has 0 fully saturated rings. The van der Waals surface area contributed by atoms with Gasteiger partial charge in [0.2, 0.25) is 0 Å². The van der Waals surface area contributed by atoms with Crippen molar-refractivity contribution in [2.75, 3.05) is 5.88 Å². The summed E-state index contributed by atoms with van der Waals surface area (Å²) in [6.07, 6.45) is 2.10. The Balaban J connectivity index is 2.84. The van der Waals surface area contributed by atoms with E-state index in [0.29, 0.717) is 5.88 Å². The minimum Gasteiger partial charge on any atom is -0.122 e. The quantitative estimate of drug-likeness (QED) is 0.610. The maximum atomic E-state index is 5.66. The molecule has 0 aliphatic rings. The molecule has 0 nitrogen and oxygen atoms in total. The monoisotopic (exact) mass is 180 g/mol. The predicted octanol–water partition coefficient (Wildman–Crippen LogP) is 3.64. The third kappa shape index (κ3) is 2.71. The van der Waals surface area contributed by atoms with Gasteiger partial charge < -0.3 is 0 Å². The third-order valence-electron chi connectivity index (χ3n) is 1.70. The van der Waals surface area contributed by atoms with E-state index in [2.05, 4.69) is 37.3 Å². The van der Waals surface area contributed by atoms with Crippen LogP contribution in [0, 0.1) is 6.92 Å². The minimum absolute atomic E-state index is 0.605. The fourth-order valence-electron chi connectivity index (χ4n) is 0.986. The van der Waals surface area contributed by atoms with Crippen LogP contribution < -0.4 is 0 Å². The number of aryl methyl sites for hydroxylation is 1. The van der Waals surface area contributed by atoms with Gasteiger partial charge in [-0.05, 0) is 19.4 Å². The van der Waals surface area contributed by atoms with Crippen LogP contribution in [0.1, 0.15) is 18.1 Å². The van der Waals surface area contributed by atoms with E-state index < -0.39 is 0 Å². The molecule has 1 aromatic rings. The number of rotatable bonds is 2. The van der Waals surface area contributed by atoms with Crippen molar-refractivity contribution >= 4 is 17.7 Å². The highest BCUT2D eigenvalue weighted by Crippen LogP contribution is 2.08. The third-order valence-corrected chi connectivity index (χ3v) is 2.12. The molecular formula is C11H13Cl. The Morgan fingerprint density at radius 1 is 1.33 bits per heavy atom. The molecule has 0 bridgehead atoms. The van der Waals surface area contributed by atoms with Crippen molar-refractivity contribution in [1.29, 1.82) is 0 Å². The van der Waals surface area contributed by atoms with Gasteiger partial charge in [0.25, 0.3) is 0 Å². The molecule has 1 aromatic carbocycles. The lowest BCUT2D eigenvalue weighted by atomic mass is 10.1. The molecule has 0 heterocycles. The lowest BCUT2D eigenvalue weighted by Crippen LogP contribution is -1.78. The smallest absolute Gasteiger partial charge is 0.0434 e. The van der Waals surface area contributed by atoms with E-state index in [-0.39, 0.29) is 0 Å². The Labute approximate surface area is 78.9 Å². The highest BCUT2D eigenvalue weighted by Gasteiger charge is 1.89. The Bertz CT molecular complexity index is 270. The van der Waals surface area contributed by atoms with Crippen molar-refractivity contribution in [3.63, 3.8) is 0 Å². The number of halogens is 1. The Morgan fingerprint density at radius 3 is 2.42 bits per heavy atom. The lowest BCUT2D eigenvalue weighted by molar-refractivity contribution is 1.41. The largest absolute Gasteiger partial charge is 0.122 e. The van der Waals surface area contributed by atoms with Gasteiger partial charge in [-0.3, -0.25) is 0 Å². The molecule has 12 heavy (non-hydrogen) atoms. The molecule has 64 valence electrons. The summed E-state index contributed by atoms with van der Waals surface area (Å²) in [5, 5.41) is 0. The van der Waals surface area contributed by atoms with Gasteiger partial charge in [0, 0.05) is 5.88 Å². The molecule has 0 N–H and O–H groups in total. The lowest BCUT2D eigenvalue weighted by Gasteiger charge is -1.96. The van der Waals surface area contributed by atoms with Crippen molar-refractivity contribution in [3.8, 4) is 0 Å². The first-order valence-electron chi connectivity index (χ1n) is 4.02. The molecular weight excluding hydrogens is 168 g/mol. The fraction of sp³-hybridized carbons (Fsp3) is 0.273. The van der Waals surface area contributed by atoms with Crippen molar-refractivity contribution in [2.45, 2.75) is 13.8 Å². The Kier molecular flexibility index (Phi) is 3.36. The van der Waals surface area contributed by atoms with E-state index in [4.69, 9.17) is 11.6 Å². The summed E-state index contributed by atoms with van der Waals surface area (Å²) < 4.78 is 0. The summed E-state index contributed by atoms with van der Waals surface area (Å²) in [7, 11) is 0. The first-order chi connectivity index (χ1) is 5.72. The maximum absolute atomic E-state index is 5.66. The van der Waals surface area contributed by atoms with Crippen molar-refractivity contribution in [1.82, 2.24) is 0 Å². The molecule has 0 aliphatic heterocycles. The van der Waals surface area contributed by atoms with Crippen LogP contribution in [-0.2, 0) is 0 Å². The summed E-state index contributed by atoms with van der Waals surface area (Å²) >= 11 is 5.66. The van der Waals surface area contributed by atoms with Crippen LogP contribution in [-0.4, -0.2) is 5.88 Å². The summed E-state index contributed by atoms with van der Waals surface area (Å²) in [5.41, 5.74) is 3.70. The maximum Gasteiger partial charge on any atom is 0.0434 e. The van der Waals surface area contributed by atoms with Crippen LogP contribution in [0.3, 0.4) is 0 Å². The molecule has 0 amide bonds. The zero-order valence-electron chi connectivity index (χ0n) is 7.47. The second-order valence-corrected chi connectivity index (χ2v) is 3.30. The Morgan fingerprint density at radius 2 is 1.92 bits per heavy atom. The van der Waals surface area contributed by atoms with Gasteiger partial charge in [-0.1, -0.05) is 41.5 Å². The number of alkyl halides is 1. The molecule has 0 saturated carbocycles. The molecule has 0 saturated heterocycles. The number of allylic oxidation sites excluding steroid dienone is 1. The second-order valence-electron chi connectivity index (χ2n) is 3.04. The van der Waals surface area contributed by atoms with Gasteiger partial charge in [-0.25, -0.2) is 0 Å². The van der Waals surface area contributed by atoms with Gasteiger partial charge in [0.15, 0.2) is 0 Å². The van der Waals surface area contributed by atoms with E-state index in [0.717, 1.165) is 0 Å². The van der Waals surface area contributed by atoms with Gasteiger partial charge >= 0.3 is 0 Å². The van der Waals surface area contributed by atoms with E-state index in [1.807, 2.05) is 6.92 Å². The number of hydrogen-bond acceptors (Lipinski definition) is 0. The normalized spacial score (nSPS) is 11.8. The van der Waals surface area contributed by atoms with Gasteiger partial charge in [0.1, 0.15) is 0 Å². The van der Waals surface area contributed by atoms with E-state index in [1.165, 1.54) is 16.7 Å². The zero-order valence-corrected chi connectivity index (χ0v) is 8.23. The molecule has 0 aromatic heterocycles. The van der Waals surface area contributed by atoms with Crippen molar-refractivity contribution in [3.05, 3.63) is 41.0 Å². The first-order valence-corrected chi connectivity index (χ1v) is 4.55. The number of benzene rings is 1. The van der Waals surface area contributed by atoms with Crippen LogP contribution in [0.15, 0.2) is 29.8 Å². The molecule has 0 aliphatic carbocycles. The van der Waals surface area contributed by atoms with Crippen LogP contribution >= 0.6 is 11.6 Å². The van der Waals surface area contributed by atoms with Gasteiger partial charge in [-0.2, -0.15) is 0 Å². The molecule has 1 heteroatoms. The SMILES string of the molecule is C/C(=C\c1ccc(C)cc1)CCl. The van der Waals surface area contributed by atoms with Gasteiger partial charge in [-0.15, -0.1) is 11.6 Å². The van der Waals surface area contributed by atoms with Crippen LogP contribution in [0.25, 0.3) is 6.08 Å². The van der Waals surface area contributed by atoms with Crippen LogP contribution in [0.4, 0.5) is 0 Å². The molecule has 0 unspecified atom stereocenters. The standard InChI is InChI=1S/C11H13Cl/c1-9-3-5-11(6-4-9)7-10(2)8-12/h3-7H,8H2,1-2H3/b10-7+. The van der Waals surface area contributed by atoms with E-state index in [9.17, 15) is 0 Å². The predicted molar refractivity (Wildman–Crippen MR) is 55.6 cm³/mol. The summed E-state index contributed by atoms with van der Waals surface area (Å²) in [6.45, 7) is 4.12. The summed E-state index contributed by atoms with van der Waals surface area (Å²) in [6, 6.07) is 8.41. The fourth-order valence-corrected chi connectivity index (χ4v) is 1.06. The minimum atomic E-state index is 0.605. The van der Waals surface area contributed by atoms with E-state index >= 15 is 0 Å². The average molecular weight is 181 g/mol. The van der Waals surface area contributed by atoms with Crippen molar-refractivity contribution < 1.29 is 0 Å². The second kappa shape index (κ2) is 4.32. The highest BCUT2D eigenvalue weighted by molar-refractivity contribution is 6.19. The summed E-state index contributed by atoms with van der Waals surface area (Å²) in [5.74, 6) is 0.605. The highest BCUT2D eigenvalue weighted by atomic mass is 35.5. The molecule has 0 radical (unpaired) electrons. The van der Waals surface area contributed by atoms with Crippen LogP contribution in [0.5, 0.6) is 0 Å². The van der Waals surface area contributed by atoms with Gasteiger partial charge in [0.05, 0.1) is 0 Å². The average Bonchev–Trinajstić information content (AvgIpc) is 2.09. The summed E-state index contributed by atoms with van der Waals surface area (Å²) in [4.78, 5) is 0. The molecule has 0 spiro atoms. The molecule has 1 rings (SSSR count). The van der Waals surface area contributed by atoms with Crippen LogP contribution in [0.2, 0.25) is 0 Å². The molecule has 0 atom stereocenters. The number of hydrogen-bond donors (Lipinski definition) is 0. The topological polar surface area (TPSA) is 0 Å². The van der Waals surface area contributed by atoms with E-state index in [1.54, 1.807) is 0 Å².